The molecule has 0 spiro atoms. The Morgan fingerprint density at radius 1 is 1.38 bits per heavy atom. The first-order valence-corrected chi connectivity index (χ1v) is 8.06. The van der Waals surface area contributed by atoms with Gasteiger partial charge in [0.25, 0.3) is 0 Å². The van der Waals surface area contributed by atoms with E-state index in [4.69, 9.17) is 0 Å². The number of aromatic nitrogens is 1. The van der Waals surface area contributed by atoms with Crippen LogP contribution in [0.1, 0.15) is 52.6 Å². The van der Waals surface area contributed by atoms with Gasteiger partial charge in [0.15, 0.2) is 0 Å². The van der Waals surface area contributed by atoms with Crippen LogP contribution in [0.15, 0.2) is 30.0 Å². The molecule has 1 aliphatic rings. The fourth-order valence-electron chi connectivity index (χ4n) is 2.97. The molecule has 0 aromatic carbocycles. The van der Waals surface area contributed by atoms with Crippen molar-refractivity contribution in [2.24, 2.45) is 5.41 Å². The standard InChI is InChI=1S/C18H29N3/c1-6-19-14(2)16-8-7-11-20-17(16)21-12-9-15(10-13-21)18(3,4)5/h7-9,11,14,19H,6,10,12-13H2,1-5H3. The highest BCUT2D eigenvalue weighted by Crippen LogP contribution is 2.32. The molecule has 116 valence electrons. The summed E-state index contributed by atoms with van der Waals surface area (Å²) in [5, 5.41) is 3.49. The molecule has 0 amide bonds. The molecule has 3 heteroatoms. The molecule has 1 atom stereocenters. The maximum Gasteiger partial charge on any atom is 0.133 e. The molecule has 3 nitrogen and oxygen atoms in total. The van der Waals surface area contributed by atoms with Crippen molar-refractivity contribution in [2.45, 2.75) is 47.1 Å². The molecule has 1 N–H and O–H groups in total. The van der Waals surface area contributed by atoms with Gasteiger partial charge in [0.2, 0.25) is 0 Å². The van der Waals surface area contributed by atoms with E-state index in [2.05, 4.69) is 62.0 Å². The average Bonchev–Trinajstić information content (AvgIpc) is 2.47. The van der Waals surface area contributed by atoms with Crippen LogP contribution in [0.4, 0.5) is 5.82 Å². The minimum absolute atomic E-state index is 0.288. The molecule has 0 fully saturated rings. The monoisotopic (exact) mass is 287 g/mol. The summed E-state index contributed by atoms with van der Waals surface area (Å²) in [6.07, 6.45) is 5.43. The highest BCUT2D eigenvalue weighted by Gasteiger charge is 2.23. The summed E-state index contributed by atoms with van der Waals surface area (Å²) in [5.41, 5.74) is 3.15. The maximum absolute atomic E-state index is 4.65. The molecule has 0 saturated carbocycles. The van der Waals surface area contributed by atoms with Crippen molar-refractivity contribution >= 4 is 5.82 Å². The van der Waals surface area contributed by atoms with E-state index in [1.54, 1.807) is 5.57 Å². The summed E-state index contributed by atoms with van der Waals surface area (Å²) in [6.45, 7) is 14.3. The van der Waals surface area contributed by atoms with Gasteiger partial charge in [0.05, 0.1) is 0 Å². The van der Waals surface area contributed by atoms with Gasteiger partial charge in [-0.1, -0.05) is 45.4 Å². The number of hydrogen-bond acceptors (Lipinski definition) is 3. The number of rotatable bonds is 4. The van der Waals surface area contributed by atoms with Gasteiger partial charge in [-0.25, -0.2) is 4.98 Å². The molecule has 0 aliphatic carbocycles. The first kappa shape index (κ1) is 16.0. The minimum Gasteiger partial charge on any atom is -0.352 e. The van der Waals surface area contributed by atoms with Crippen LogP contribution in [-0.2, 0) is 0 Å². The van der Waals surface area contributed by atoms with Gasteiger partial charge in [-0.05, 0) is 31.4 Å². The van der Waals surface area contributed by atoms with Crippen molar-refractivity contribution in [3.63, 3.8) is 0 Å². The van der Waals surface area contributed by atoms with Gasteiger partial charge in [-0.15, -0.1) is 0 Å². The quantitative estimate of drug-likeness (QED) is 0.850. The van der Waals surface area contributed by atoms with Gasteiger partial charge in [0, 0.05) is 30.9 Å². The second-order valence-corrected chi connectivity index (χ2v) is 6.87. The molecule has 2 rings (SSSR count). The first-order chi connectivity index (χ1) is 9.93. The van der Waals surface area contributed by atoms with E-state index in [0.29, 0.717) is 6.04 Å². The second kappa shape index (κ2) is 6.61. The zero-order valence-corrected chi connectivity index (χ0v) is 14.1. The van der Waals surface area contributed by atoms with Gasteiger partial charge >= 0.3 is 0 Å². The highest BCUT2D eigenvalue weighted by atomic mass is 15.2. The number of nitrogens with zero attached hydrogens (tertiary/aromatic N) is 2. The average molecular weight is 287 g/mol. The van der Waals surface area contributed by atoms with E-state index in [-0.39, 0.29) is 5.41 Å². The molecule has 1 aromatic heterocycles. The van der Waals surface area contributed by atoms with E-state index in [1.165, 1.54) is 5.56 Å². The minimum atomic E-state index is 0.288. The van der Waals surface area contributed by atoms with Crippen LogP contribution in [0.2, 0.25) is 0 Å². The molecule has 1 aromatic rings. The Morgan fingerprint density at radius 3 is 2.71 bits per heavy atom. The van der Waals surface area contributed by atoms with Gasteiger partial charge in [-0.3, -0.25) is 0 Å². The van der Waals surface area contributed by atoms with Crippen molar-refractivity contribution < 1.29 is 0 Å². The highest BCUT2D eigenvalue weighted by molar-refractivity contribution is 5.50. The van der Waals surface area contributed by atoms with Gasteiger partial charge < -0.3 is 10.2 Å². The lowest BCUT2D eigenvalue weighted by Crippen LogP contribution is -2.33. The van der Waals surface area contributed by atoms with E-state index < -0.39 is 0 Å². The lowest BCUT2D eigenvalue weighted by atomic mass is 9.83. The first-order valence-electron chi connectivity index (χ1n) is 8.06. The van der Waals surface area contributed by atoms with E-state index >= 15 is 0 Å². The SMILES string of the molecule is CCNC(C)c1cccnc1N1CC=C(C(C)(C)C)CC1. The maximum atomic E-state index is 4.65. The zero-order valence-electron chi connectivity index (χ0n) is 14.1. The second-order valence-electron chi connectivity index (χ2n) is 6.87. The third-order valence-electron chi connectivity index (χ3n) is 4.27. The van der Waals surface area contributed by atoms with Crippen LogP contribution >= 0.6 is 0 Å². The lowest BCUT2D eigenvalue weighted by molar-refractivity contribution is 0.471. The Balaban J connectivity index is 2.19. The predicted octanol–water partition coefficient (Wildman–Crippen LogP) is 3.93. The van der Waals surface area contributed by atoms with Crippen molar-refractivity contribution in [1.82, 2.24) is 10.3 Å². The fourth-order valence-corrected chi connectivity index (χ4v) is 2.97. The number of pyridine rings is 1. The molecular formula is C18H29N3. The molecular weight excluding hydrogens is 258 g/mol. The fraction of sp³-hybridized carbons (Fsp3) is 0.611. The van der Waals surface area contributed by atoms with Crippen LogP contribution in [-0.4, -0.2) is 24.6 Å². The van der Waals surface area contributed by atoms with Gasteiger partial charge in [-0.2, -0.15) is 0 Å². The molecule has 2 heterocycles. The summed E-state index contributed by atoms with van der Waals surface area (Å²) in [6, 6.07) is 4.57. The van der Waals surface area contributed by atoms with Crippen LogP contribution in [0.5, 0.6) is 0 Å². The zero-order chi connectivity index (χ0) is 15.5. The van der Waals surface area contributed by atoms with Crippen LogP contribution in [0.25, 0.3) is 0 Å². The lowest BCUT2D eigenvalue weighted by Gasteiger charge is -2.34. The molecule has 0 bridgehead atoms. The summed E-state index contributed by atoms with van der Waals surface area (Å²) in [4.78, 5) is 7.05. The van der Waals surface area contributed by atoms with Gasteiger partial charge in [0.1, 0.15) is 5.82 Å². The molecule has 1 unspecified atom stereocenters. The number of nitrogens with one attached hydrogen (secondary N) is 1. The molecule has 0 radical (unpaired) electrons. The smallest absolute Gasteiger partial charge is 0.133 e. The molecule has 0 saturated heterocycles. The Kier molecular flexibility index (Phi) is 5.04. The third-order valence-corrected chi connectivity index (χ3v) is 4.27. The molecule has 1 aliphatic heterocycles. The van der Waals surface area contributed by atoms with E-state index in [1.807, 2.05) is 12.3 Å². The summed E-state index contributed by atoms with van der Waals surface area (Å²) in [7, 11) is 0. The van der Waals surface area contributed by atoms with Crippen molar-refractivity contribution in [1.29, 1.82) is 0 Å². The molecule has 21 heavy (non-hydrogen) atoms. The van der Waals surface area contributed by atoms with E-state index in [9.17, 15) is 0 Å². The largest absolute Gasteiger partial charge is 0.352 e. The summed E-state index contributed by atoms with van der Waals surface area (Å²) < 4.78 is 0. The topological polar surface area (TPSA) is 28.2 Å². The van der Waals surface area contributed by atoms with Crippen molar-refractivity contribution in [3.05, 3.63) is 35.5 Å². The number of anilines is 1. The van der Waals surface area contributed by atoms with Crippen LogP contribution in [0.3, 0.4) is 0 Å². The number of hydrogen-bond donors (Lipinski definition) is 1. The van der Waals surface area contributed by atoms with Crippen molar-refractivity contribution in [3.8, 4) is 0 Å². The third kappa shape index (κ3) is 3.85. The van der Waals surface area contributed by atoms with Crippen LogP contribution < -0.4 is 10.2 Å². The Labute approximate surface area is 129 Å². The van der Waals surface area contributed by atoms with Crippen LogP contribution in [0, 0.1) is 5.41 Å². The normalized spacial score (nSPS) is 17.6. The van der Waals surface area contributed by atoms with E-state index in [0.717, 1.165) is 31.9 Å². The Hall–Kier alpha value is -1.35. The predicted molar refractivity (Wildman–Crippen MR) is 90.7 cm³/mol. The summed E-state index contributed by atoms with van der Waals surface area (Å²) >= 11 is 0. The Bertz CT molecular complexity index is 499. The van der Waals surface area contributed by atoms with Crippen molar-refractivity contribution in [2.75, 3.05) is 24.5 Å². The Morgan fingerprint density at radius 2 is 2.14 bits per heavy atom. The summed E-state index contributed by atoms with van der Waals surface area (Å²) in [5.74, 6) is 1.13.